The van der Waals surface area contributed by atoms with Gasteiger partial charge in [-0.05, 0) is 11.1 Å². The first-order valence-corrected chi connectivity index (χ1v) is 7.31. The maximum Gasteiger partial charge on any atom is 0.461 e. The number of carboxylic acids is 1. The van der Waals surface area contributed by atoms with Crippen molar-refractivity contribution in [3.63, 3.8) is 0 Å². The Labute approximate surface area is 146 Å². The smallest absolute Gasteiger partial charge is 0.461 e. The Bertz CT molecular complexity index is 713. The van der Waals surface area contributed by atoms with E-state index in [0.717, 1.165) is 5.56 Å². The summed E-state index contributed by atoms with van der Waals surface area (Å²) in [5.41, 5.74) is 0.964. The highest BCUT2D eigenvalue weighted by atomic mass is 19.4. The number of carbonyl (C=O) groups excluding carboxylic acids is 1. The molecule has 0 unspecified atom stereocenters. The third kappa shape index (κ3) is 6.62. The SMILES string of the molecule is O=C(Cc1ccccc1)C(F)(F)C(F)(F)F.O=C(O)Cc1ccccc1. The molecular weight excluding hydrogens is 359 g/mol. The molecule has 2 rings (SSSR count). The molecule has 0 fully saturated rings. The number of Topliss-reactive ketones (excluding diaryl/α,β-unsaturated/α-hetero) is 1. The first kappa shape index (κ1) is 21.3. The first-order chi connectivity index (χ1) is 12.0. The van der Waals surface area contributed by atoms with E-state index < -0.39 is 30.3 Å². The summed E-state index contributed by atoms with van der Waals surface area (Å²) in [6, 6.07) is 16.2. The molecule has 0 aliphatic rings. The number of ketones is 1. The van der Waals surface area contributed by atoms with Crippen molar-refractivity contribution in [2.24, 2.45) is 0 Å². The zero-order valence-electron chi connectivity index (χ0n) is 13.3. The fraction of sp³-hybridized carbons (Fsp3) is 0.222. The molecule has 2 aromatic rings. The summed E-state index contributed by atoms with van der Waals surface area (Å²) in [6.07, 6.45) is -6.66. The second-order valence-corrected chi connectivity index (χ2v) is 5.21. The van der Waals surface area contributed by atoms with Gasteiger partial charge in [0.1, 0.15) is 0 Å². The molecule has 3 nitrogen and oxygen atoms in total. The van der Waals surface area contributed by atoms with Crippen LogP contribution in [0.1, 0.15) is 11.1 Å². The van der Waals surface area contributed by atoms with Gasteiger partial charge in [-0.25, -0.2) is 0 Å². The number of alkyl halides is 5. The summed E-state index contributed by atoms with van der Waals surface area (Å²) in [5, 5.41) is 8.37. The van der Waals surface area contributed by atoms with Crippen LogP contribution in [0, 0.1) is 0 Å². The van der Waals surface area contributed by atoms with E-state index in [1.165, 1.54) is 24.3 Å². The molecule has 0 spiro atoms. The van der Waals surface area contributed by atoms with Crippen LogP contribution in [0.15, 0.2) is 60.7 Å². The third-order valence-corrected chi connectivity index (χ3v) is 3.11. The van der Waals surface area contributed by atoms with Crippen molar-refractivity contribution in [3.8, 4) is 0 Å². The number of rotatable bonds is 5. The van der Waals surface area contributed by atoms with Gasteiger partial charge in [-0.15, -0.1) is 0 Å². The zero-order chi connectivity index (χ0) is 19.8. The second-order valence-electron chi connectivity index (χ2n) is 5.21. The molecule has 0 saturated carbocycles. The van der Waals surface area contributed by atoms with Gasteiger partial charge in [0.15, 0.2) is 0 Å². The highest BCUT2D eigenvalue weighted by Gasteiger charge is 2.62. The molecular formula is C18H15F5O3. The molecule has 0 bridgehead atoms. The average molecular weight is 374 g/mol. The van der Waals surface area contributed by atoms with E-state index in [0.29, 0.717) is 0 Å². The lowest BCUT2D eigenvalue weighted by Gasteiger charge is -2.17. The Balaban J connectivity index is 0.000000289. The average Bonchev–Trinajstić information content (AvgIpc) is 2.55. The van der Waals surface area contributed by atoms with E-state index in [9.17, 15) is 31.5 Å². The van der Waals surface area contributed by atoms with Crippen molar-refractivity contribution >= 4 is 11.8 Å². The molecule has 0 saturated heterocycles. The zero-order valence-corrected chi connectivity index (χ0v) is 13.3. The van der Waals surface area contributed by atoms with E-state index >= 15 is 0 Å². The van der Waals surface area contributed by atoms with Gasteiger partial charge in [-0.2, -0.15) is 22.0 Å². The van der Waals surface area contributed by atoms with Gasteiger partial charge < -0.3 is 5.11 Å². The van der Waals surface area contributed by atoms with E-state index in [1.54, 1.807) is 18.2 Å². The minimum Gasteiger partial charge on any atom is -0.481 e. The summed E-state index contributed by atoms with van der Waals surface area (Å²) in [7, 11) is 0. The Kier molecular flexibility index (Phi) is 7.42. The van der Waals surface area contributed by atoms with Gasteiger partial charge in [0.2, 0.25) is 5.78 Å². The standard InChI is InChI=1S/C10H7F5O.C8H8O2/c11-9(12,10(13,14)15)8(16)6-7-4-2-1-3-5-7;9-8(10)6-7-4-2-1-3-5-7/h1-5H,6H2;1-5H,6H2,(H,9,10). The predicted molar refractivity (Wildman–Crippen MR) is 83.9 cm³/mol. The van der Waals surface area contributed by atoms with E-state index in [-0.39, 0.29) is 12.0 Å². The molecule has 1 N–H and O–H groups in total. The molecule has 26 heavy (non-hydrogen) atoms. The van der Waals surface area contributed by atoms with Crippen molar-refractivity contribution in [2.75, 3.05) is 0 Å². The lowest BCUT2D eigenvalue weighted by molar-refractivity contribution is -0.268. The monoisotopic (exact) mass is 374 g/mol. The molecule has 8 heteroatoms. The van der Waals surface area contributed by atoms with Crippen LogP contribution in [0.4, 0.5) is 22.0 Å². The fourth-order valence-electron chi connectivity index (χ4n) is 1.82. The van der Waals surface area contributed by atoms with Crippen molar-refractivity contribution in [1.29, 1.82) is 0 Å². The van der Waals surface area contributed by atoms with Crippen LogP contribution >= 0.6 is 0 Å². The summed E-state index contributed by atoms with van der Waals surface area (Å²) in [6.45, 7) is 0. The quantitative estimate of drug-likeness (QED) is 0.794. The van der Waals surface area contributed by atoms with Crippen molar-refractivity contribution in [2.45, 2.75) is 24.9 Å². The Hall–Kier alpha value is -2.77. The van der Waals surface area contributed by atoms with E-state index in [2.05, 4.69) is 0 Å². The molecule has 0 aliphatic heterocycles. The van der Waals surface area contributed by atoms with Gasteiger partial charge in [0, 0.05) is 6.42 Å². The summed E-state index contributed by atoms with van der Waals surface area (Å²) in [5.74, 6) is -8.22. The van der Waals surface area contributed by atoms with Crippen molar-refractivity contribution in [1.82, 2.24) is 0 Å². The van der Waals surface area contributed by atoms with Crippen LogP contribution in [0.2, 0.25) is 0 Å². The molecule has 0 amide bonds. The summed E-state index contributed by atoms with van der Waals surface area (Å²) in [4.78, 5) is 21.0. The normalized spacial score (nSPS) is 11.3. The van der Waals surface area contributed by atoms with Crippen LogP contribution in [-0.4, -0.2) is 29.0 Å². The molecule has 0 radical (unpaired) electrons. The number of benzene rings is 2. The molecule has 2 aromatic carbocycles. The maximum atomic E-state index is 12.5. The fourth-order valence-corrected chi connectivity index (χ4v) is 1.82. The van der Waals surface area contributed by atoms with E-state index in [4.69, 9.17) is 5.11 Å². The first-order valence-electron chi connectivity index (χ1n) is 7.31. The van der Waals surface area contributed by atoms with Gasteiger partial charge in [0.05, 0.1) is 6.42 Å². The van der Waals surface area contributed by atoms with Crippen LogP contribution < -0.4 is 0 Å². The highest BCUT2D eigenvalue weighted by molar-refractivity contribution is 5.88. The largest absolute Gasteiger partial charge is 0.481 e. The third-order valence-electron chi connectivity index (χ3n) is 3.11. The maximum absolute atomic E-state index is 12.5. The van der Waals surface area contributed by atoms with Gasteiger partial charge >= 0.3 is 18.1 Å². The minimum absolute atomic E-state index is 0.112. The number of halogens is 5. The van der Waals surface area contributed by atoms with Crippen LogP contribution in [0.3, 0.4) is 0 Å². The van der Waals surface area contributed by atoms with Gasteiger partial charge in [-0.1, -0.05) is 60.7 Å². The number of hydrogen-bond acceptors (Lipinski definition) is 2. The summed E-state index contributed by atoms with van der Waals surface area (Å²) < 4.78 is 60.5. The molecule has 0 aliphatic carbocycles. The van der Waals surface area contributed by atoms with Crippen molar-refractivity contribution < 1.29 is 36.6 Å². The predicted octanol–water partition coefficient (Wildman–Crippen LogP) is 4.31. The number of hydrogen-bond donors (Lipinski definition) is 1. The van der Waals surface area contributed by atoms with Gasteiger partial charge in [-0.3, -0.25) is 9.59 Å². The molecule has 140 valence electrons. The second kappa shape index (κ2) is 9.07. The number of aliphatic carboxylic acids is 1. The van der Waals surface area contributed by atoms with Crippen LogP contribution in [0.25, 0.3) is 0 Å². The summed E-state index contributed by atoms with van der Waals surface area (Å²) >= 11 is 0. The Morgan fingerprint density at radius 3 is 1.46 bits per heavy atom. The van der Waals surface area contributed by atoms with Gasteiger partial charge in [0.25, 0.3) is 0 Å². The Morgan fingerprint density at radius 1 is 0.731 bits per heavy atom. The van der Waals surface area contributed by atoms with Crippen LogP contribution in [-0.2, 0) is 22.4 Å². The lowest BCUT2D eigenvalue weighted by atomic mass is 10.0. The lowest BCUT2D eigenvalue weighted by Crippen LogP contribution is -2.44. The molecule has 0 aromatic heterocycles. The van der Waals surface area contributed by atoms with E-state index in [1.807, 2.05) is 18.2 Å². The number of carboxylic acid groups (broad SMARTS) is 1. The highest BCUT2D eigenvalue weighted by Crippen LogP contribution is 2.36. The topological polar surface area (TPSA) is 54.4 Å². The van der Waals surface area contributed by atoms with Crippen LogP contribution in [0.5, 0.6) is 0 Å². The van der Waals surface area contributed by atoms with Crippen molar-refractivity contribution in [3.05, 3.63) is 71.8 Å². The Morgan fingerprint density at radius 2 is 1.12 bits per heavy atom. The molecule has 0 heterocycles. The number of carbonyl (C=O) groups is 2. The molecule has 0 atom stereocenters. The minimum atomic E-state index is -5.83.